The van der Waals surface area contributed by atoms with Gasteiger partial charge < -0.3 is 15.0 Å². The van der Waals surface area contributed by atoms with Crippen LogP contribution in [-0.4, -0.2) is 39.2 Å². The second-order valence-electron chi connectivity index (χ2n) is 4.34. The van der Waals surface area contributed by atoms with Gasteiger partial charge >= 0.3 is 0 Å². The van der Waals surface area contributed by atoms with Crippen molar-refractivity contribution in [1.82, 2.24) is 19.9 Å². The first kappa shape index (κ1) is 10.5. The van der Waals surface area contributed by atoms with Crippen LogP contribution in [0.25, 0.3) is 11.2 Å². The first-order valence-corrected chi connectivity index (χ1v) is 5.80. The van der Waals surface area contributed by atoms with Crippen molar-refractivity contribution in [2.24, 2.45) is 0 Å². The van der Waals surface area contributed by atoms with E-state index in [-0.39, 0.29) is 0 Å². The van der Waals surface area contributed by atoms with Crippen molar-refractivity contribution < 1.29 is 4.74 Å². The summed E-state index contributed by atoms with van der Waals surface area (Å²) in [4.78, 5) is 15.5. The number of aromatic amines is 1. The molecule has 0 radical (unpaired) electrons. The van der Waals surface area contributed by atoms with Crippen molar-refractivity contribution in [2.75, 3.05) is 12.4 Å². The number of hydrogen-bond acceptors (Lipinski definition) is 5. The number of hydrogen-bond donors (Lipinski definition) is 2. The Hall–Kier alpha value is -1.69. The second kappa shape index (κ2) is 4.29. The number of fused-ring (bicyclic) bond motifs is 1. The molecule has 2 aromatic rings. The Kier molecular flexibility index (Phi) is 2.64. The van der Waals surface area contributed by atoms with Gasteiger partial charge in [0, 0.05) is 13.2 Å². The van der Waals surface area contributed by atoms with Crippen LogP contribution in [0.1, 0.15) is 19.3 Å². The number of imidazole rings is 1. The van der Waals surface area contributed by atoms with Gasteiger partial charge in [-0.25, -0.2) is 15.0 Å². The number of ether oxygens (including phenoxy) is 1. The number of nitrogens with zero attached hydrogens (tertiary/aromatic N) is 3. The Balaban J connectivity index is 1.79. The quantitative estimate of drug-likeness (QED) is 0.836. The van der Waals surface area contributed by atoms with Gasteiger partial charge in [0.2, 0.25) is 0 Å². The zero-order valence-electron chi connectivity index (χ0n) is 9.68. The van der Waals surface area contributed by atoms with E-state index in [0.717, 1.165) is 30.6 Å². The number of rotatable bonds is 3. The molecule has 2 unspecified atom stereocenters. The van der Waals surface area contributed by atoms with Crippen LogP contribution in [0.5, 0.6) is 0 Å². The molecule has 1 fully saturated rings. The molecule has 2 aromatic heterocycles. The first-order valence-electron chi connectivity index (χ1n) is 5.80. The van der Waals surface area contributed by atoms with Crippen LogP contribution in [0.4, 0.5) is 5.82 Å². The van der Waals surface area contributed by atoms with Crippen LogP contribution in [0.15, 0.2) is 12.7 Å². The Bertz CT molecular complexity index is 511. The summed E-state index contributed by atoms with van der Waals surface area (Å²) in [6, 6.07) is 0.418. The molecule has 1 aliphatic rings. The molecule has 0 saturated heterocycles. The van der Waals surface area contributed by atoms with Crippen LogP contribution in [0.3, 0.4) is 0 Å². The molecule has 6 heteroatoms. The summed E-state index contributed by atoms with van der Waals surface area (Å²) >= 11 is 0. The maximum atomic E-state index is 5.36. The molecule has 2 N–H and O–H groups in total. The summed E-state index contributed by atoms with van der Waals surface area (Å²) in [6.07, 6.45) is 6.77. The second-order valence-corrected chi connectivity index (χ2v) is 4.34. The minimum Gasteiger partial charge on any atom is -0.381 e. The Morgan fingerprint density at radius 3 is 3.12 bits per heavy atom. The topological polar surface area (TPSA) is 75.7 Å². The van der Waals surface area contributed by atoms with Crippen molar-refractivity contribution in [3.8, 4) is 0 Å². The van der Waals surface area contributed by atoms with Crippen LogP contribution < -0.4 is 5.32 Å². The fourth-order valence-corrected chi connectivity index (χ4v) is 2.35. The highest BCUT2D eigenvalue weighted by Gasteiger charge is 2.25. The van der Waals surface area contributed by atoms with E-state index in [4.69, 9.17) is 4.74 Å². The molecule has 1 aliphatic carbocycles. The lowest BCUT2D eigenvalue weighted by Gasteiger charge is -2.13. The molecule has 2 atom stereocenters. The lowest BCUT2D eigenvalue weighted by Crippen LogP contribution is -2.18. The maximum absolute atomic E-state index is 5.36. The SMILES string of the molecule is COC1CCC(Nc2ncnc3nc[nH]c23)C1. The zero-order chi connectivity index (χ0) is 11.7. The summed E-state index contributed by atoms with van der Waals surface area (Å²) in [6.45, 7) is 0. The molecule has 6 nitrogen and oxygen atoms in total. The van der Waals surface area contributed by atoms with E-state index in [0.29, 0.717) is 17.8 Å². The van der Waals surface area contributed by atoms with Crippen LogP contribution >= 0.6 is 0 Å². The fraction of sp³-hybridized carbons (Fsp3) is 0.545. The average Bonchev–Trinajstić information content (AvgIpc) is 2.97. The highest BCUT2D eigenvalue weighted by atomic mass is 16.5. The standard InChI is InChI=1S/C11H15N5O/c1-17-8-3-2-7(4-8)16-11-9-10(13-5-12-9)14-6-15-11/h5-8H,2-4H2,1H3,(H2,12,13,14,15,16). The molecular formula is C11H15N5O. The normalized spacial score (nSPS) is 24.3. The van der Waals surface area contributed by atoms with Crippen molar-refractivity contribution in [3.63, 3.8) is 0 Å². The number of H-pyrrole nitrogens is 1. The molecule has 2 heterocycles. The van der Waals surface area contributed by atoms with Gasteiger partial charge in [-0.3, -0.25) is 0 Å². The minimum absolute atomic E-state index is 0.367. The van der Waals surface area contributed by atoms with Crippen molar-refractivity contribution >= 4 is 17.0 Å². The Labute approximate surface area is 98.8 Å². The minimum atomic E-state index is 0.367. The molecule has 0 aromatic carbocycles. The van der Waals surface area contributed by atoms with Gasteiger partial charge in [-0.15, -0.1) is 0 Å². The van der Waals surface area contributed by atoms with Gasteiger partial charge in [-0.1, -0.05) is 0 Å². The molecular weight excluding hydrogens is 218 g/mol. The van der Waals surface area contributed by atoms with Crippen LogP contribution in [-0.2, 0) is 4.74 Å². The van der Waals surface area contributed by atoms with Gasteiger partial charge in [0.25, 0.3) is 0 Å². The third kappa shape index (κ3) is 1.95. The molecule has 0 bridgehead atoms. The highest BCUT2D eigenvalue weighted by Crippen LogP contribution is 2.25. The zero-order valence-corrected chi connectivity index (χ0v) is 9.68. The van der Waals surface area contributed by atoms with Gasteiger partial charge in [-0.2, -0.15) is 0 Å². The molecule has 0 spiro atoms. The van der Waals surface area contributed by atoms with Gasteiger partial charge in [0.1, 0.15) is 11.8 Å². The third-order valence-corrected chi connectivity index (χ3v) is 3.28. The maximum Gasteiger partial charge on any atom is 0.182 e. The summed E-state index contributed by atoms with van der Waals surface area (Å²) in [5, 5.41) is 3.43. The van der Waals surface area contributed by atoms with Crippen LogP contribution in [0, 0.1) is 0 Å². The predicted octanol–water partition coefficient (Wildman–Crippen LogP) is 1.33. The number of aromatic nitrogens is 4. The first-order chi connectivity index (χ1) is 8.36. The molecule has 90 valence electrons. The summed E-state index contributed by atoms with van der Waals surface area (Å²) < 4.78 is 5.36. The van der Waals surface area contributed by atoms with Crippen molar-refractivity contribution in [2.45, 2.75) is 31.4 Å². The predicted molar refractivity (Wildman–Crippen MR) is 63.7 cm³/mol. The van der Waals surface area contributed by atoms with Crippen molar-refractivity contribution in [3.05, 3.63) is 12.7 Å². The van der Waals surface area contributed by atoms with E-state index >= 15 is 0 Å². The summed E-state index contributed by atoms with van der Waals surface area (Å²) in [5.74, 6) is 0.828. The Morgan fingerprint density at radius 2 is 2.29 bits per heavy atom. The largest absolute Gasteiger partial charge is 0.381 e. The highest BCUT2D eigenvalue weighted by molar-refractivity contribution is 5.82. The fourth-order valence-electron chi connectivity index (χ4n) is 2.35. The van der Waals surface area contributed by atoms with E-state index in [9.17, 15) is 0 Å². The number of nitrogens with one attached hydrogen (secondary N) is 2. The van der Waals surface area contributed by atoms with E-state index in [1.165, 1.54) is 6.33 Å². The van der Waals surface area contributed by atoms with E-state index < -0.39 is 0 Å². The van der Waals surface area contributed by atoms with Gasteiger partial charge in [0.15, 0.2) is 11.5 Å². The molecule has 0 aliphatic heterocycles. The van der Waals surface area contributed by atoms with Gasteiger partial charge in [0.05, 0.1) is 12.4 Å². The Morgan fingerprint density at radius 1 is 1.35 bits per heavy atom. The summed E-state index contributed by atoms with van der Waals surface area (Å²) in [5.41, 5.74) is 1.57. The number of methoxy groups -OCH3 is 1. The lowest BCUT2D eigenvalue weighted by atomic mass is 10.2. The van der Waals surface area contributed by atoms with E-state index in [1.807, 2.05) is 0 Å². The van der Waals surface area contributed by atoms with E-state index in [1.54, 1.807) is 13.4 Å². The van der Waals surface area contributed by atoms with Gasteiger partial charge in [-0.05, 0) is 19.3 Å². The monoisotopic (exact) mass is 233 g/mol. The van der Waals surface area contributed by atoms with E-state index in [2.05, 4.69) is 25.3 Å². The average molecular weight is 233 g/mol. The number of anilines is 1. The smallest absolute Gasteiger partial charge is 0.182 e. The molecule has 17 heavy (non-hydrogen) atoms. The molecule has 0 amide bonds. The lowest BCUT2D eigenvalue weighted by molar-refractivity contribution is 0.108. The van der Waals surface area contributed by atoms with Crippen molar-refractivity contribution in [1.29, 1.82) is 0 Å². The molecule has 1 saturated carbocycles. The third-order valence-electron chi connectivity index (χ3n) is 3.28. The van der Waals surface area contributed by atoms with Crippen LogP contribution in [0.2, 0.25) is 0 Å². The molecule has 3 rings (SSSR count). The summed E-state index contributed by atoms with van der Waals surface area (Å²) in [7, 11) is 1.77.